The maximum Gasteiger partial charge on any atom is 0.134 e. The third kappa shape index (κ3) is 1.39. The van der Waals surface area contributed by atoms with Crippen LogP contribution >= 0.6 is 0 Å². The molecule has 0 radical (unpaired) electrons. The topological polar surface area (TPSA) is 63.8 Å². The Kier molecular flexibility index (Phi) is 2.25. The van der Waals surface area contributed by atoms with Crippen LogP contribution < -0.4 is 11.1 Å². The molecule has 4 nitrogen and oxygen atoms in total. The van der Waals surface area contributed by atoms with E-state index in [1.807, 2.05) is 14.0 Å². The number of hydrogen-bond acceptors (Lipinski definition) is 4. The molecule has 0 aliphatic rings. The number of hydrogen-bond donors (Lipinski definition) is 2. The van der Waals surface area contributed by atoms with E-state index in [0.29, 0.717) is 5.82 Å². The molecular formula is C7H12N4. The summed E-state index contributed by atoms with van der Waals surface area (Å²) in [7, 11) is 1.82. The summed E-state index contributed by atoms with van der Waals surface area (Å²) in [5.41, 5.74) is 6.60. The number of anilines is 2. The van der Waals surface area contributed by atoms with E-state index < -0.39 is 0 Å². The first-order valence-corrected chi connectivity index (χ1v) is 3.56. The van der Waals surface area contributed by atoms with E-state index >= 15 is 0 Å². The molecule has 1 rings (SSSR count). The Hall–Kier alpha value is -1.32. The normalized spacial score (nSPS) is 9.64. The molecule has 0 aliphatic heterocycles. The van der Waals surface area contributed by atoms with Crippen LogP contribution in [0.3, 0.4) is 0 Å². The van der Waals surface area contributed by atoms with Crippen molar-refractivity contribution >= 4 is 11.6 Å². The molecule has 0 aliphatic carbocycles. The predicted octanol–water partition coefficient (Wildman–Crippen LogP) is 0.663. The smallest absolute Gasteiger partial charge is 0.134 e. The lowest BCUT2D eigenvalue weighted by Crippen LogP contribution is -2.03. The van der Waals surface area contributed by atoms with Crippen LogP contribution in [-0.2, 0) is 6.42 Å². The fourth-order valence-electron chi connectivity index (χ4n) is 0.990. The van der Waals surface area contributed by atoms with Gasteiger partial charge in [-0.2, -0.15) is 0 Å². The minimum atomic E-state index is 0.562. The molecule has 60 valence electrons. The van der Waals surface area contributed by atoms with Crippen molar-refractivity contribution in [1.29, 1.82) is 0 Å². The Bertz CT molecular complexity index is 246. The van der Waals surface area contributed by atoms with Gasteiger partial charge in [0.05, 0.1) is 0 Å². The third-order valence-electron chi connectivity index (χ3n) is 1.57. The van der Waals surface area contributed by atoms with E-state index in [1.54, 1.807) is 0 Å². The van der Waals surface area contributed by atoms with Crippen LogP contribution in [-0.4, -0.2) is 17.0 Å². The maximum atomic E-state index is 5.62. The summed E-state index contributed by atoms with van der Waals surface area (Å²) >= 11 is 0. The second-order valence-corrected chi connectivity index (χ2v) is 2.19. The van der Waals surface area contributed by atoms with Gasteiger partial charge < -0.3 is 11.1 Å². The molecule has 0 fully saturated rings. The average Bonchev–Trinajstić information content (AvgIpc) is 2.04. The summed E-state index contributed by atoms with van der Waals surface area (Å²) in [5.74, 6) is 1.38. The number of nitrogens with zero attached hydrogens (tertiary/aromatic N) is 2. The highest BCUT2D eigenvalue weighted by molar-refractivity contribution is 5.54. The summed E-state index contributed by atoms with van der Waals surface area (Å²) in [6.45, 7) is 2.02. The monoisotopic (exact) mass is 152 g/mol. The van der Waals surface area contributed by atoms with Crippen LogP contribution in [0.15, 0.2) is 6.33 Å². The first kappa shape index (κ1) is 7.78. The van der Waals surface area contributed by atoms with E-state index in [9.17, 15) is 0 Å². The molecule has 0 saturated heterocycles. The van der Waals surface area contributed by atoms with Gasteiger partial charge in [-0.1, -0.05) is 6.92 Å². The lowest BCUT2D eigenvalue weighted by Gasteiger charge is -2.06. The van der Waals surface area contributed by atoms with Gasteiger partial charge in [0.1, 0.15) is 18.0 Å². The van der Waals surface area contributed by atoms with Crippen molar-refractivity contribution in [2.45, 2.75) is 13.3 Å². The second-order valence-electron chi connectivity index (χ2n) is 2.19. The summed E-state index contributed by atoms with van der Waals surface area (Å²) in [6.07, 6.45) is 2.31. The number of nitrogen functional groups attached to an aromatic ring is 1. The Morgan fingerprint density at radius 3 is 2.73 bits per heavy atom. The molecule has 1 heterocycles. The predicted molar refractivity (Wildman–Crippen MR) is 45.4 cm³/mol. The zero-order valence-corrected chi connectivity index (χ0v) is 6.76. The molecule has 1 aromatic rings. The van der Waals surface area contributed by atoms with Crippen molar-refractivity contribution in [3.63, 3.8) is 0 Å². The SMILES string of the molecule is CCc1c(N)ncnc1NC. The summed E-state index contributed by atoms with van der Waals surface area (Å²) < 4.78 is 0. The molecule has 4 heteroatoms. The molecule has 3 N–H and O–H groups in total. The third-order valence-corrected chi connectivity index (χ3v) is 1.57. The van der Waals surface area contributed by atoms with Gasteiger partial charge in [-0.3, -0.25) is 0 Å². The molecule has 11 heavy (non-hydrogen) atoms. The highest BCUT2D eigenvalue weighted by Gasteiger charge is 2.03. The van der Waals surface area contributed by atoms with Gasteiger partial charge in [0, 0.05) is 12.6 Å². The van der Waals surface area contributed by atoms with Crippen molar-refractivity contribution < 1.29 is 0 Å². The van der Waals surface area contributed by atoms with Crippen LogP contribution in [0.2, 0.25) is 0 Å². The van der Waals surface area contributed by atoms with Gasteiger partial charge in [-0.15, -0.1) is 0 Å². The van der Waals surface area contributed by atoms with E-state index in [-0.39, 0.29) is 0 Å². The zero-order valence-electron chi connectivity index (χ0n) is 6.76. The van der Waals surface area contributed by atoms with Gasteiger partial charge in [0.25, 0.3) is 0 Å². The molecule has 0 amide bonds. The van der Waals surface area contributed by atoms with Gasteiger partial charge in [0.2, 0.25) is 0 Å². The minimum absolute atomic E-state index is 0.562. The highest BCUT2D eigenvalue weighted by atomic mass is 15.0. The van der Waals surface area contributed by atoms with Crippen LogP contribution in [0.1, 0.15) is 12.5 Å². The molecule has 0 unspecified atom stereocenters. The van der Waals surface area contributed by atoms with Crippen LogP contribution in [0, 0.1) is 0 Å². The van der Waals surface area contributed by atoms with E-state index in [1.165, 1.54) is 6.33 Å². The fourth-order valence-corrected chi connectivity index (χ4v) is 0.990. The molecule has 1 aromatic heterocycles. The lowest BCUT2D eigenvalue weighted by atomic mass is 10.2. The Morgan fingerprint density at radius 1 is 1.55 bits per heavy atom. The van der Waals surface area contributed by atoms with Gasteiger partial charge in [-0.05, 0) is 6.42 Å². The molecule has 0 spiro atoms. The van der Waals surface area contributed by atoms with Crippen LogP contribution in [0.4, 0.5) is 11.6 Å². The summed E-state index contributed by atoms with van der Waals surface area (Å²) in [5, 5.41) is 2.96. The number of nitrogens with two attached hydrogens (primary N) is 1. The Labute approximate surface area is 65.9 Å². The van der Waals surface area contributed by atoms with E-state index in [2.05, 4.69) is 15.3 Å². The van der Waals surface area contributed by atoms with Crippen molar-refractivity contribution in [1.82, 2.24) is 9.97 Å². The van der Waals surface area contributed by atoms with E-state index in [0.717, 1.165) is 17.8 Å². The number of nitrogens with one attached hydrogen (secondary N) is 1. The fraction of sp³-hybridized carbons (Fsp3) is 0.429. The molecular weight excluding hydrogens is 140 g/mol. The van der Waals surface area contributed by atoms with Crippen molar-refractivity contribution in [2.24, 2.45) is 0 Å². The van der Waals surface area contributed by atoms with E-state index in [4.69, 9.17) is 5.73 Å². The van der Waals surface area contributed by atoms with Crippen molar-refractivity contribution in [3.05, 3.63) is 11.9 Å². The average molecular weight is 152 g/mol. The Morgan fingerprint density at radius 2 is 2.27 bits per heavy atom. The van der Waals surface area contributed by atoms with Crippen molar-refractivity contribution in [2.75, 3.05) is 18.1 Å². The van der Waals surface area contributed by atoms with Crippen molar-refractivity contribution in [3.8, 4) is 0 Å². The van der Waals surface area contributed by atoms with Gasteiger partial charge in [-0.25, -0.2) is 9.97 Å². The standard InChI is InChI=1S/C7H12N4/c1-3-5-6(8)10-4-11-7(5)9-2/h4H,3H2,1-2H3,(H3,8,9,10,11). The maximum absolute atomic E-state index is 5.62. The quantitative estimate of drug-likeness (QED) is 0.653. The van der Waals surface area contributed by atoms with Crippen LogP contribution in [0.5, 0.6) is 0 Å². The number of aromatic nitrogens is 2. The van der Waals surface area contributed by atoms with Gasteiger partial charge >= 0.3 is 0 Å². The second kappa shape index (κ2) is 3.18. The molecule has 0 saturated carbocycles. The highest BCUT2D eigenvalue weighted by Crippen LogP contribution is 2.16. The number of rotatable bonds is 2. The minimum Gasteiger partial charge on any atom is -0.383 e. The lowest BCUT2D eigenvalue weighted by molar-refractivity contribution is 1.05. The molecule has 0 aromatic carbocycles. The largest absolute Gasteiger partial charge is 0.383 e. The zero-order chi connectivity index (χ0) is 8.27. The van der Waals surface area contributed by atoms with Gasteiger partial charge in [0.15, 0.2) is 0 Å². The molecule has 0 bridgehead atoms. The Balaban J connectivity index is 3.13. The van der Waals surface area contributed by atoms with Crippen LogP contribution in [0.25, 0.3) is 0 Å². The molecule has 0 atom stereocenters. The summed E-state index contributed by atoms with van der Waals surface area (Å²) in [4.78, 5) is 7.91. The first-order valence-electron chi connectivity index (χ1n) is 3.56. The summed E-state index contributed by atoms with van der Waals surface area (Å²) in [6, 6.07) is 0. The first-order chi connectivity index (χ1) is 5.29.